The van der Waals surface area contributed by atoms with Crippen LogP contribution in [0.1, 0.15) is 57.8 Å². The molecule has 1 aliphatic carbocycles. The van der Waals surface area contributed by atoms with Gasteiger partial charge in [0.15, 0.2) is 0 Å². The fraction of sp³-hybridized carbons (Fsp3) is 1.00. The molecule has 3 heteroatoms. The lowest BCUT2D eigenvalue weighted by Crippen LogP contribution is -2.40. The standard InChI is InChI=1S/C16H29NO2/c1-2-8-16(7-1)12-15(6-11-19-16)18-10-5-14-4-3-9-17-13-14/h14-15,17H,1-13H2. The summed E-state index contributed by atoms with van der Waals surface area (Å²) in [6.45, 7) is 4.27. The van der Waals surface area contributed by atoms with E-state index < -0.39 is 0 Å². The van der Waals surface area contributed by atoms with E-state index in [0.717, 1.165) is 32.0 Å². The molecule has 1 N–H and O–H groups in total. The van der Waals surface area contributed by atoms with Crippen LogP contribution in [-0.2, 0) is 9.47 Å². The van der Waals surface area contributed by atoms with Gasteiger partial charge in [-0.15, -0.1) is 0 Å². The molecule has 0 radical (unpaired) electrons. The second kappa shape index (κ2) is 6.55. The van der Waals surface area contributed by atoms with Gasteiger partial charge in [-0.1, -0.05) is 12.8 Å². The third-order valence-electron chi connectivity index (χ3n) is 5.24. The molecular weight excluding hydrogens is 238 g/mol. The minimum Gasteiger partial charge on any atom is -0.378 e. The van der Waals surface area contributed by atoms with E-state index in [1.807, 2.05) is 0 Å². The van der Waals surface area contributed by atoms with Gasteiger partial charge in [-0.25, -0.2) is 0 Å². The maximum absolute atomic E-state index is 6.16. The van der Waals surface area contributed by atoms with Crippen LogP contribution in [0.4, 0.5) is 0 Å². The van der Waals surface area contributed by atoms with Crippen molar-refractivity contribution < 1.29 is 9.47 Å². The largest absolute Gasteiger partial charge is 0.378 e. The maximum Gasteiger partial charge on any atom is 0.0707 e. The van der Waals surface area contributed by atoms with Crippen molar-refractivity contribution in [3.63, 3.8) is 0 Å². The number of hydrogen-bond donors (Lipinski definition) is 1. The number of rotatable bonds is 4. The monoisotopic (exact) mass is 267 g/mol. The minimum atomic E-state index is 0.204. The van der Waals surface area contributed by atoms with Gasteiger partial charge >= 0.3 is 0 Å². The summed E-state index contributed by atoms with van der Waals surface area (Å²) in [5, 5.41) is 3.49. The molecule has 2 heterocycles. The third-order valence-corrected chi connectivity index (χ3v) is 5.24. The molecule has 3 aliphatic rings. The fourth-order valence-electron chi connectivity index (χ4n) is 4.06. The quantitative estimate of drug-likeness (QED) is 0.849. The molecule has 19 heavy (non-hydrogen) atoms. The van der Waals surface area contributed by atoms with Crippen LogP contribution in [-0.4, -0.2) is 38.0 Å². The highest BCUT2D eigenvalue weighted by Crippen LogP contribution is 2.40. The summed E-state index contributed by atoms with van der Waals surface area (Å²) >= 11 is 0. The lowest BCUT2D eigenvalue weighted by Gasteiger charge is -2.38. The molecule has 3 nitrogen and oxygen atoms in total. The zero-order chi connectivity index (χ0) is 13.0. The molecule has 0 aromatic carbocycles. The van der Waals surface area contributed by atoms with Gasteiger partial charge in [-0.2, -0.15) is 0 Å². The van der Waals surface area contributed by atoms with Crippen molar-refractivity contribution in [2.75, 3.05) is 26.3 Å². The first-order valence-electron chi connectivity index (χ1n) is 8.33. The molecule has 2 unspecified atom stereocenters. The second-order valence-electron chi connectivity index (χ2n) is 6.73. The normalized spacial score (nSPS) is 34.7. The van der Waals surface area contributed by atoms with Gasteiger partial charge in [-0.05, 0) is 57.5 Å². The molecule has 2 saturated heterocycles. The Balaban J connectivity index is 1.37. The SMILES string of the molecule is C1CNCC(CCOC2CCOC3(CCCC3)C2)C1. The van der Waals surface area contributed by atoms with Crippen LogP contribution in [0.25, 0.3) is 0 Å². The Morgan fingerprint density at radius 1 is 1.16 bits per heavy atom. The summed E-state index contributed by atoms with van der Waals surface area (Å²) in [7, 11) is 0. The van der Waals surface area contributed by atoms with E-state index in [4.69, 9.17) is 9.47 Å². The summed E-state index contributed by atoms with van der Waals surface area (Å²) in [5.74, 6) is 0.842. The second-order valence-corrected chi connectivity index (χ2v) is 6.73. The highest BCUT2D eigenvalue weighted by atomic mass is 16.5. The first-order chi connectivity index (χ1) is 9.36. The van der Waals surface area contributed by atoms with E-state index in [9.17, 15) is 0 Å². The predicted octanol–water partition coefficient (Wildman–Crippen LogP) is 2.88. The predicted molar refractivity (Wildman–Crippen MR) is 76.3 cm³/mol. The zero-order valence-corrected chi connectivity index (χ0v) is 12.2. The van der Waals surface area contributed by atoms with E-state index in [1.165, 1.54) is 58.0 Å². The van der Waals surface area contributed by atoms with Crippen molar-refractivity contribution in [2.45, 2.75) is 69.5 Å². The minimum absolute atomic E-state index is 0.204. The van der Waals surface area contributed by atoms with Crippen LogP contribution in [0.15, 0.2) is 0 Å². The average Bonchev–Trinajstić information content (AvgIpc) is 2.88. The Kier molecular flexibility index (Phi) is 4.78. The molecule has 0 aromatic heterocycles. The van der Waals surface area contributed by atoms with Crippen LogP contribution >= 0.6 is 0 Å². The molecule has 3 rings (SSSR count). The Morgan fingerprint density at radius 3 is 2.84 bits per heavy atom. The first-order valence-corrected chi connectivity index (χ1v) is 8.33. The molecule has 2 aliphatic heterocycles. The van der Waals surface area contributed by atoms with Gasteiger partial charge in [0.05, 0.1) is 11.7 Å². The van der Waals surface area contributed by atoms with Crippen LogP contribution in [0.3, 0.4) is 0 Å². The molecule has 1 saturated carbocycles. The highest BCUT2D eigenvalue weighted by Gasteiger charge is 2.40. The molecule has 0 bridgehead atoms. The van der Waals surface area contributed by atoms with E-state index >= 15 is 0 Å². The number of piperidine rings is 1. The Labute approximate surface area is 117 Å². The fourth-order valence-corrected chi connectivity index (χ4v) is 4.06. The van der Waals surface area contributed by atoms with E-state index in [-0.39, 0.29) is 5.60 Å². The summed E-state index contributed by atoms with van der Waals surface area (Å²) in [6, 6.07) is 0. The van der Waals surface area contributed by atoms with Crippen LogP contribution in [0.5, 0.6) is 0 Å². The highest BCUT2D eigenvalue weighted by molar-refractivity contribution is 4.91. The van der Waals surface area contributed by atoms with Gasteiger partial charge in [-0.3, -0.25) is 0 Å². The van der Waals surface area contributed by atoms with E-state index in [1.54, 1.807) is 0 Å². The molecule has 2 atom stereocenters. The maximum atomic E-state index is 6.16. The van der Waals surface area contributed by atoms with Crippen LogP contribution in [0.2, 0.25) is 0 Å². The number of hydrogen-bond acceptors (Lipinski definition) is 3. The Morgan fingerprint density at radius 2 is 2.05 bits per heavy atom. The van der Waals surface area contributed by atoms with Crippen molar-refractivity contribution in [1.82, 2.24) is 5.32 Å². The van der Waals surface area contributed by atoms with E-state index in [2.05, 4.69) is 5.32 Å². The summed E-state index contributed by atoms with van der Waals surface area (Å²) < 4.78 is 12.2. The van der Waals surface area contributed by atoms with Crippen molar-refractivity contribution in [1.29, 1.82) is 0 Å². The van der Waals surface area contributed by atoms with Gasteiger partial charge in [0, 0.05) is 19.6 Å². The van der Waals surface area contributed by atoms with Crippen LogP contribution < -0.4 is 5.32 Å². The molecule has 1 spiro atoms. The average molecular weight is 267 g/mol. The van der Waals surface area contributed by atoms with Crippen molar-refractivity contribution in [3.05, 3.63) is 0 Å². The zero-order valence-electron chi connectivity index (χ0n) is 12.2. The lowest BCUT2D eigenvalue weighted by molar-refractivity contribution is -0.131. The summed E-state index contributed by atoms with van der Waals surface area (Å²) in [5.41, 5.74) is 0.204. The molecule has 0 amide bonds. The third kappa shape index (κ3) is 3.71. The Hall–Kier alpha value is -0.120. The van der Waals surface area contributed by atoms with Crippen LogP contribution in [0, 0.1) is 5.92 Å². The molecule has 110 valence electrons. The van der Waals surface area contributed by atoms with Crippen molar-refractivity contribution >= 4 is 0 Å². The van der Waals surface area contributed by atoms with Crippen molar-refractivity contribution in [3.8, 4) is 0 Å². The lowest BCUT2D eigenvalue weighted by atomic mass is 9.90. The molecule has 3 fully saturated rings. The number of ether oxygens (including phenoxy) is 2. The van der Waals surface area contributed by atoms with Gasteiger partial charge in [0.25, 0.3) is 0 Å². The van der Waals surface area contributed by atoms with Gasteiger partial charge < -0.3 is 14.8 Å². The molecular formula is C16H29NO2. The van der Waals surface area contributed by atoms with E-state index in [0.29, 0.717) is 6.10 Å². The van der Waals surface area contributed by atoms with Gasteiger partial charge in [0.1, 0.15) is 0 Å². The van der Waals surface area contributed by atoms with Gasteiger partial charge in [0.2, 0.25) is 0 Å². The molecule has 0 aromatic rings. The summed E-state index contributed by atoms with van der Waals surface area (Å²) in [4.78, 5) is 0. The van der Waals surface area contributed by atoms with Crippen molar-refractivity contribution in [2.24, 2.45) is 5.92 Å². The summed E-state index contributed by atoms with van der Waals surface area (Å²) in [6.07, 6.45) is 11.9. The first kappa shape index (κ1) is 13.8. The number of nitrogens with one attached hydrogen (secondary N) is 1. The smallest absolute Gasteiger partial charge is 0.0707 e. The Bertz CT molecular complexity index is 270. The topological polar surface area (TPSA) is 30.5 Å².